The van der Waals surface area contributed by atoms with E-state index >= 15 is 0 Å². The maximum Gasteiger partial charge on any atom is 0.326 e. The van der Waals surface area contributed by atoms with Gasteiger partial charge in [-0.25, -0.2) is 4.79 Å². The minimum atomic E-state index is -1.12. The smallest absolute Gasteiger partial charge is 0.326 e. The first kappa shape index (κ1) is 12.4. The van der Waals surface area contributed by atoms with Crippen molar-refractivity contribution >= 4 is 17.6 Å². The summed E-state index contributed by atoms with van der Waals surface area (Å²) in [6, 6.07) is 5.48. The van der Waals surface area contributed by atoms with Gasteiger partial charge < -0.3 is 20.8 Å². The summed E-state index contributed by atoms with van der Waals surface area (Å²) in [6.07, 6.45) is -0.756. The molecule has 0 aromatic heterocycles. The standard InChI is InChI=1S/C12H14N2O4/c13-9-4-2-1-3-8(9)11(16)14-6-7(15)5-10(14)12(17)18/h1-4,7,10,15H,5-6,13H2,(H,17,18). The minimum Gasteiger partial charge on any atom is -0.480 e. The molecule has 1 fully saturated rings. The molecule has 18 heavy (non-hydrogen) atoms. The molecular weight excluding hydrogens is 236 g/mol. The molecule has 96 valence electrons. The van der Waals surface area contributed by atoms with Gasteiger partial charge in [0.2, 0.25) is 0 Å². The van der Waals surface area contributed by atoms with Gasteiger partial charge in [-0.15, -0.1) is 0 Å². The zero-order valence-corrected chi connectivity index (χ0v) is 9.61. The Morgan fingerprint density at radius 1 is 1.33 bits per heavy atom. The average Bonchev–Trinajstić information content (AvgIpc) is 2.71. The number of rotatable bonds is 2. The van der Waals surface area contributed by atoms with E-state index in [4.69, 9.17) is 10.8 Å². The number of nitrogens with zero attached hydrogens (tertiary/aromatic N) is 1. The van der Waals surface area contributed by atoms with Crippen LogP contribution in [0.2, 0.25) is 0 Å². The summed E-state index contributed by atoms with van der Waals surface area (Å²) in [5.74, 6) is -1.58. The number of aliphatic hydroxyl groups excluding tert-OH is 1. The lowest BCUT2D eigenvalue weighted by Crippen LogP contribution is -2.40. The average molecular weight is 250 g/mol. The number of carbonyl (C=O) groups is 2. The molecule has 0 saturated carbocycles. The Kier molecular flexibility index (Phi) is 3.20. The van der Waals surface area contributed by atoms with Crippen molar-refractivity contribution in [2.75, 3.05) is 12.3 Å². The number of hydrogen-bond donors (Lipinski definition) is 3. The van der Waals surface area contributed by atoms with Gasteiger partial charge in [0.25, 0.3) is 5.91 Å². The number of hydrogen-bond acceptors (Lipinski definition) is 4. The van der Waals surface area contributed by atoms with Crippen molar-refractivity contribution in [1.29, 1.82) is 0 Å². The molecule has 1 aromatic carbocycles. The number of para-hydroxylation sites is 1. The molecule has 6 heteroatoms. The number of β-amino-alcohol motifs (C(OH)–C–C–N with tert-alkyl or cyclic N) is 1. The second-order valence-electron chi connectivity index (χ2n) is 4.29. The number of nitrogen functional groups attached to an aromatic ring is 1. The summed E-state index contributed by atoms with van der Waals surface area (Å²) in [7, 11) is 0. The summed E-state index contributed by atoms with van der Waals surface area (Å²) in [4.78, 5) is 24.4. The highest BCUT2D eigenvalue weighted by atomic mass is 16.4. The largest absolute Gasteiger partial charge is 0.480 e. The maximum atomic E-state index is 12.2. The van der Waals surface area contributed by atoms with Crippen LogP contribution < -0.4 is 5.73 Å². The van der Waals surface area contributed by atoms with E-state index in [0.29, 0.717) is 5.69 Å². The number of aliphatic hydroxyl groups is 1. The number of nitrogens with two attached hydrogens (primary N) is 1. The SMILES string of the molecule is Nc1ccccc1C(=O)N1CC(O)CC1C(=O)O. The maximum absolute atomic E-state index is 12.2. The predicted octanol–water partition coefficient (Wildman–Crippen LogP) is -0.0712. The van der Waals surface area contributed by atoms with Crippen molar-refractivity contribution in [3.63, 3.8) is 0 Å². The summed E-state index contributed by atoms with van der Waals surface area (Å²) < 4.78 is 0. The van der Waals surface area contributed by atoms with Gasteiger partial charge in [-0.05, 0) is 12.1 Å². The van der Waals surface area contributed by atoms with Crippen LogP contribution in [0.3, 0.4) is 0 Å². The first-order chi connectivity index (χ1) is 8.50. The van der Waals surface area contributed by atoms with Crippen LogP contribution in [0.4, 0.5) is 5.69 Å². The number of likely N-dealkylation sites (tertiary alicyclic amines) is 1. The van der Waals surface area contributed by atoms with E-state index in [9.17, 15) is 14.7 Å². The summed E-state index contributed by atoms with van der Waals surface area (Å²) in [6.45, 7) is 0.0180. The topological polar surface area (TPSA) is 104 Å². The second kappa shape index (κ2) is 4.66. The van der Waals surface area contributed by atoms with Crippen LogP contribution in [0, 0.1) is 0 Å². The molecule has 2 unspecified atom stereocenters. The van der Waals surface area contributed by atoms with Crippen LogP contribution >= 0.6 is 0 Å². The number of carboxylic acids is 1. The molecule has 4 N–H and O–H groups in total. The van der Waals surface area contributed by atoms with Crippen molar-refractivity contribution in [3.05, 3.63) is 29.8 Å². The van der Waals surface area contributed by atoms with Gasteiger partial charge in [-0.2, -0.15) is 0 Å². The highest BCUT2D eigenvalue weighted by Gasteiger charge is 2.39. The summed E-state index contributed by atoms with van der Waals surface area (Å²) in [5.41, 5.74) is 6.25. The van der Waals surface area contributed by atoms with Crippen LogP contribution in [0.15, 0.2) is 24.3 Å². The lowest BCUT2D eigenvalue weighted by Gasteiger charge is -2.21. The van der Waals surface area contributed by atoms with Gasteiger partial charge in [0.15, 0.2) is 0 Å². The van der Waals surface area contributed by atoms with Crippen LogP contribution in [0.25, 0.3) is 0 Å². The second-order valence-corrected chi connectivity index (χ2v) is 4.29. The van der Waals surface area contributed by atoms with E-state index < -0.39 is 24.0 Å². The van der Waals surface area contributed by atoms with Gasteiger partial charge >= 0.3 is 5.97 Å². The molecule has 0 spiro atoms. The summed E-state index contributed by atoms with van der Waals surface area (Å²) >= 11 is 0. The van der Waals surface area contributed by atoms with E-state index in [2.05, 4.69) is 0 Å². The lowest BCUT2D eigenvalue weighted by atomic mass is 10.1. The van der Waals surface area contributed by atoms with Crippen molar-refractivity contribution in [1.82, 2.24) is 4.90 Å². The third-order valence-electron chi connectivity index (χ3n) is 3.02. The van der Waals surface area contributed by atoms with Crippen LogP contribution in [0.5, 0.6) is 0 Å². The zero-order chi connectivity index (χ0) is 13.3. The lowest BCUT2D eigenvalue weighted by molar-refractivity contribution is -0.141. The van der Waals surface area contributed by atoms with E-state index in [1.165, 1.54) is 0 Å². The minimum absolute atomic E-state index is 0.0180. The van der Waals surface area contributed by atoms with Crippen LogP contribution in [-0.2, 0) is 4.79 Å². The quantitative estimate of drug-likeness (QED) is 0.637. The van der Waals surface area contributed by atoms with Crippen molar-refractivity contribution < 1.29 is 19.8 Å². The molecule has 2 atom stereocenters. The molecule has 1 aliphatic rings. The first-order valence-corrected chi connectivity index (χ1v) is 5.57. The fourth-order valence-corrected chi connectivity index (χ4v) is 2.12. The van der Waals surface area contributed by atoms with Gasteiger partial charge in [-0.3, -0.25) is 4.79 Å². The van der Waals surface area contributed by atoms with E-state index in [1.807, 2.05) is 0 Å². The van der Waals surface area contributed by atoms with Gasteiger partial charge in [0.1, 0.15) is 6.04 Å². The number of aliphatic carboxylic acids is 1. The molecule has 1 aromatic rings. The number of benzene rings is 1. The fourth-order valence-electron chi connectivity index (χ4n) is 2.12. The van der Waals surface area contributed by atoms with Gasteiger partial charge in [-0.1, -0.05) is 12.1 Å². The molecule has 2 rings (SSSR count). The Balaban J connectivity index is 2.28. The van der Waals surface area contributed by atoms with Crippen molar-refractivity contribution in [2.45, 2.75) is 18.6 Å². The number of amides is 1. The number of anilines is 1. The van der Waals surface area contributed by atoms with E-state index in [0.717, 1.165) is 4.90 Å². The molecule has 0 radical (unpaired) electrons. The molecule has 1 saturated heterocycles. The van der Waals surface area contributed by atoms with E-state index in [-0.39, 0.29) is 18.5 Å². The molecule has 0 aliphatic carbocycles. The first-order valence-electron chi connectivity index (χ1n) is 5.57. The Labute approximate surface area is 104 Å². The molecule has 1 aliphatic heterocycles. The Morgan fingerprint density at radius 2 is 2.00 bits per heavy atom. The zero-order valence-electron chi connectivity index (χ0n) is 9.61. The molecular formula is C12H14N2O4. The third-order valence-corrected chi connectivity index (χ3v) is 3.02. The van der Waals surface area contributed by atoms with Crippen molar-refractivity contribution in [2.24, 2.45) is 0 Å². The monoisotopic (exact) mass is 250 g/mol. The molecule has 0 bridgehead atoms. The molecule has 6 nitrogen and oxygen atoms in total. The third kappa shape index (κ3) is 2.14. The Hall–Kier alpha value is -2.08. The highest BCUT2D eigenvalue weighted by molar-refractivity contribution is 6.01. The van der Waals surface area contributed by atoms with Crippen molar-refractivity contribution in [3.8, 4) is 0 Å². The molecule has 1 amide bonds. The predicted molar refractivity (Wildman–Crippen MR) is 63.9 cm³/mol. The van der Waals surface area contributed by atoms with Crippen LogP contribution in [0.1, 0.15) is 16.8 Å². The normalized spacial score (nSPS) is 23.1. The number of carbonyl (C=O) groups excluding carboxylic acids is 1. The van der Waals surface area contributed by atoms with Crippen LogP contribution in [-0.4, -0.2) is 45.7 Å². The highest BCUT2D eigenvalue weighted by Crippen LogP contribution is 2.23. The Morgan fingerprint density at radius 3 is 2.61 bits per heavy atom. The number of carboxylic acid groups (broad SMARTS) is 1. The summed E-state index contributed by atoms with van der Waals surface area (Å²) in [5, 5.41) is 18.5. The Bertz CT molecular complexity index is 489. The van der Waals surface area contributed by atoms with E-state index in [1.54, 1.807) is 24.3 Å². The van der Waals surface area contributed by atoms with Gasteiger partial charge in [0, 0.05) is 18.7 Å². The van der Waals surface area contributed by atoms with Gasteiger partial charge in [0.05, 0.1) is 11.7 Å². The molecule has 1 heterocycles. The fraction of sp³-hybridized carbons (Fsp3) is 0.333.